The number of carboxylic acid groups (broad SMARTS) is 1. The highest BCUT2D eigenvalue weighted by molar-refractivity contribution is 5.81. The number of allylic oxidation sites excluding steroid dienone is 1. The zero-order chi connectivity index (χ0) is 18.8. The van der Waals surface area contributed by atoms with Gasteiger partial charge >= 0.3 is 5.97 Å². The van der Waals surface area contributed by atoms with Crippen LogP contribution in [0.25, 0.3) is 6.08 Å². The van der Waals surface area contributed by atoms with Gasteiger partial charge in [-0.15, -0.1) is 0 Å². The second-order valence-corrected chi connectivity index (χ2v) is 5.87. The summed E-state index contributed by atoms with van der Waals surface area (Å²) in [6, 6.07) is -1.74. The summed E-state index contributed by atoms with van der Waals surface area (Å²) in [5.74, 6) is -1.53. The number of aryl methyl sites for hydroxylation is 1. The molecule has 0 fully saturated rings. The van der Waals surface area contributed by atoms with Crippen molar-refractivity contribution in [1.82, 2.24) is 10.3 Å². The van der Waals surface area contributed by atoms with Crippen molar-refractivity contribution in [3.8, 4) is 0 Å². The maximum atomic E-state index is 11.9. The van der Waals surface area contributed by atoms with E-state index in [1.165, 1.54) is 0 Å². The number of carboxylic acids is 1. The molecule has 1 aromatic heterocycles. The van der Waals surface area contributed by atoms with E-state index in [0.29, 0.717) is 12.7 Å². The van der Waals surface area contributed by atoms with Crippen molar-refractivity contribution in [1.29, 1.82) is 0 Å². The van der Waals surface area contributed by atoms with Crippen LogP contribution in [0, 0.1) is 0 Å². The van der Waals surface area contributed by atoms with E-state index in [1.54, 1.807) is 0 Å². The summed E-state index contributed by atoms with van der Waals surface area (Å²) in [5.41, 5.74) is 8.47. The standard InChI is InChI=1S/C18H27N3O4/c1-3-5-6-14-12(10-20-16(14)4-2)9-13(11-22)21-17(23)8-7-15(19)18(24)25/h5-6,10-11,13,15,20H,3-4,7-9,19H2,1-2H3,(H,21,23)(H,24,25)/b6-5-. The molecule has 0 aliphatic carbocycles. The number of amides is 1. The maximum Gasteiger partial charge on any atom is 0.320 e. The molecule has 7 nitrogen and oxygen atoms in total. The van der Waals surface area contributed by atoms with E-state index in [-0.39, 0.29) is 18.7 Å². The van der Waals surface area contributed by atoms with Gasteiger partial charge in [0, 0.05) is 24.7 Å². The molecule has 138 valence electrons. The van der Waals surface area contributed by atoms with Gasteiger partial charge in [-0.3, -0.25) is 9.59 Å². The number of aromatic amines is 1. The molecule has 5 N–H and O–H groups in total. The van der Waals surface area contributed by atoms with E-state index in [0.717, 1.165) is 29.7 Å². The number of hydrogen-bond donors (Lipinski definition) is 4. The summed E-state index contributed by atoms with van der Waals surface area (Å²) >= 11 is 0. The number of nitrogens with two attached hydrogens (primary N) is 1. The average Bonchev–Trinajstić information content (AvgIpc) is 2.98. The van der Waals surface area contributed by atoms with Gasteiger partial charge in [0.15, 0.2) is 0 Å². The van der Waals surface area contributed by atoms with E-state index in [4.69, 9.17) is 10.8 Å². The number of rotatable bonds is 11. The molecule has 1 heterocycles. The van der Waals surface area contributed by atoms with Crippen molar-refractivity contribution in [2.24, 2.45) is 5.73 Å². The van der Waals surface area contributed by atoms with Crippen LogP contribution in [0.1, 0.15) is 49.9 Å². The Kier molecular flexibility index (Phi) is 8.63. The third-order valence-corrected chi connectivity index (χ3v) is 3.92. The van der Waals surface area contributed by atoms with E-state index in [1.807, 2.05) is 32.2 Å². The van der Waals surface area contributed by atoms with Crippen LogP contribution in [-0.2, 0) is 27.2 Å². The summed E-state index contributed by atoms with van der Waals surface area (Å²) in [7, 11) is 0. The van der Waals surface area contributed by atoms with Crippen molar-refractivity contribution in [2.45, 2.75) is 58.0 Å². The van der Waals surface area contributed by atoms with E-state index in [2.05, 4.69) is 10.3 Å². The number of aliphatic carboxylic acids is 1. The highest BCUT2D eigenvalue weighted by Gasteiger charge is 2.18. The van der Waals surface area contributed by atoms with Crippen LogP contribution >= 0.6 is 0 Å². The molecule has 0 saturated carbocycles. The fourth-order valence-corrected chi connectivity index (χ4v) is 2.49. The highest BCUT2D eigenvalue weighted by Crippen LogP contribution is 2.19. The molecule has 0 saturated heterocycles. The fourth-order valence-electron chi connectivity index (χ4n) is 2.49. The third kappa shape index (κ3) is 6.54. The lowest BCUT2D eigenvalue weighted by Crippen LogP contribution is -2.39. The Labute approximate surface area is 147 Å². The number of aromatic nitrogens is 1. The molecule has 0 aromatic carbocycles. The second kappa shape index (κ2) is 10.5. The minimum absolute atomic E-state index is 0.0291. The summed E-state index contributed by atoms with van der Waals surface area (Å²) in [6.45, 7) is 4.09. The molecule has 1 rings (SSSR count). The molecule has 0 bridgehead atoms. The fraction of sp³-hybridized carbons (Fsp3) is 0.500. The number of carbonyl (C=O) groups excluding carboxylic acids is 2. The zero-order valence-electron chi connectivity index (χ0n) is 14.7. The third-order valence-electron chi connectivity index (χ3n) is 3.92. The van der Waals surface area contributed by atoms with Gasteiger partial charge in [0.25, 0.3) is 0 Å². The van der Waals surface area contributed by atoms with Crippen LogP contribution in [0.3, 0.4) is 0 Å². The first kappa shape index (κ1) is 20.6. The molecular formula is C18H27N3O4. The Balaban J connectivity index is 2.71. The number of nitrogens with one attached hydrogen (secondary N) is 2. The largest absolute Gasteiger partial charge is 0.480 e. The minimum atomic E-state index is -1.15. The molecule has 1 aromatic rings. The highest BCUT2D eigenvalue weighted by atomic mass is 16.4. The zero-order valence-corrected chi connectivity index (χ0v) is 14.7. The van der Waals surface area contributed by atoms with E-state index < -0.39 is 18.1 Å². The van der Waals surface area contributed by atoms with Gasteiger partial charge < -0.3 is 25.9 Å². The topological polar surface area (TPSA) is 125 Å². The second-order valence-electron chi connectivity index (χ2n) is 5.87. The quantitative estimate of drug-likeness (QED) is 0.450. The van der Waals surface area contributed by atoms with Crippen molar-refractivity contribution in [3.05, 3.63) is 29.1 Å². The smallest absolute Gasteiger partial charge is 0.320 e. The number of hydrogen-bond acceptors (Lipinski definition) is 4. The summed E-state index contributed by atoms with van der Waals surface area (Å²) < 4.78 is 0. The first-order chi connectivity index (χ1) is 11.9. The van der Waals surface area contributed by atoms with Gasteiger partial charge in [-0.2, -0.15) is 0 Å². The predicted molar refractivity (Wildman–Crippen MR) is 96.0 cm³/mol. The van der Waals surface area contributed by atoms with Crippen LogP contribution in [0.15, 0.2) is 12.3 Å². The van der Waals surface area contributed by atoms with Crippen LogP contribution in [-0.4, -0.2) is 40.3 Å². The molecule has 2 atom stereocenters. The molecular weight excluding hydrogens is 322 g/mol. The lowest BCUT2D eigenvalue weighted by Gasteiger charge is -2.14. The van der Waals surface area contributed by atoms with Crippen LogP contribution < -0.4 is 11.1 Å². The molecule has 25 heavy (non-hydrogen) atoms. The Hall–Kier alpha value is -2.41. The molecule has 0 spiro atoms. The summed E-state index contributed by atoms with van der Waals surface area (Å²) in [5, 5.41) is 11.3. The van der Waals surface area contributed by atoms with Gasteiger partial charge in [0.2, 0.25) is 5.91 Å². The minimum Gasteiger partial charge on any atom is -0.480 e. The number of H-pyrrole nitrogens is 1. The lowest BCUT2D eigenvalue weighted by atomic mass is 10.0. The van der Waals surface area contributed by atoms with E-state index in [9.17, 15) is 14.4 Å². The van der Waals surface area contributed by atoms with Gasteiger partial charge in [-0.1, -0.05) is 26.0 Å². The number of aldehydes is 1. The van der Waals surface area contributed by atoms with Crippen molar-refractivity contribution in [2.75, 3.05) is 0 Å². The van der Waals surface area contributed by atoms with Crippen LogP contribution in [0.5, 0.6) is 0 Å². The van der Waals surface area contributed by atoms with Gasteiger partial charge in [0.1, 0.15) is 12.3 Å². The van der Waals surface area contributed by atoms with E-state index >= 15 is 0 Å². The lowest BCUT2D eigenvalue weighted by molar-refractivity contribution is -0.138. The van der Waals surface area contributed by atoms with Crippen LogP contribution in [0.4, 0.5) is 0 Å². The Morgan fingerprint density at radius 3 is 2.68 bits per heavy atom. The molecule has 0 aliphatic heterocycles. The van der Waals surface area contributed by atoms with Crippen LogP contribution in [0.2, 0.25) is 0 Å². The molecule has 1 amide bonds. The predicted octanol–water partition coefficient (Wildman–Crippen LogP) is 1.42. The normalized spacial score (nSPS) is 13.6. The first-order valence-electron chi connectivity index (χ1n) is 8.51. The van der Waals surface area contributed by atoms with Gasteiger partial charge in [-0.05, 0) is 30.4 Å². The summed E-state index contributed by atoms with van der Waals surface area (Å²) in [6.07, 6.45) is 8.75. The Morgan fingerprint density at radius 2 is 2.12 bits per heavy atom. The average molecular weight is 349 g/mol. The Morgan fingerprint density at radius 1 is 1.40 bits per heavy atom. The van der Waals surface area contributed by atoms with Crippen molar-refractivity contribution in [3.63, 3.8) is 0 Å². The number of carbonyl (C=O) groups is 3. The molecule has 2 unspecified atom stereocenters. The first-order valence-corrected chi connectivity index (χ1v) is 8.51. The SMILES string of the molecule is CC/C=C\c1c(CC(C=O)NC(=O)CCC(N)C(=O)O)c[nH]c1CC. The van der Waals surface area contributed by atoms with Gasteiger partial charge in [0.05, 0.1) is 6.04 Å². The monoisotopic (exact) mass is 349 g/mol. The molecule has 7 heteroatoms. The molecule has 0 radical (unpaired) electrons. The Bertz CT molecular complexity index is 622. The van der Waals surface area contributed by atoms with Gasteiger partial charge in [-0.25, -0.2) is 0 Å². The van der Waals surface area contributed by atoms with Crippen molar-refractivity contribution >= 4 is 24.2 Å². The summed E-state index contributed by atoms with van der Waals surface area (Å²) in [4.78, 5) is 37.1. The molecule has 0 aliphatic rings. The van der Waals surface area contributed by atoms with Crippen molar-refractivity contribution < 1.29 is 19.5 Å². The maximum absolute atomic E-state index is 11.9.